The van der Waals surface area contributed by atoms with E-state index in [2.05, 4.69) is 12.1 Å². The molecule has 2 nitrogen and oxygen atoms in total. The Morgan fingerprint density at radius 1 is 0.727 bits per heavy atom. The fraction of sp³-hybridized carbons (Fsp3) is 0.400. The fourth-order valence-corrected chi connectivity index (χ4v) is 4.40. The van der Waals surface area contributed by atoms with Crippen molar-refractivity contribution < 1.29 is 9.59 Å². The van der Waals surface area contributed by atoms with Gasteiger partial charge in [-0.15, -0.1) is 0 Å². The van der Waals surface area contributed by atoms with Gasteiger partial charge >= 0.3 is 0 Å². The SMILES string of the molecule is CC(=O)c1cc2c3c(cc(C(C)=O)c4c3c1CCC4)CCC2. The van der Waals surface area contributed by atoms with Crippen molar-refractivity contribution in [3.63, 3.8) is 0 Å². The van der Waals surface area contributed by atoms with E-state index < -0.39 is 0 Å². The predicted molar refractivity (Wildman–Crippen MR) is 88.0 cm³/mol. The maximum atomic E-state index is 12.1. The summed E-state index contributed by atoms with van der Waals surface area (Å²) in [6, 6.07) is 4.26. The quantitative estimate of drug-likeness (QED) is 0.777. The first-order valence-electron chi connectivity index (χ1n) is 8.23. The molecule has 0 saturated carbocycles. The molecule has 0 N–H and O–H groups in total. The topological polar surface area (TPSA) is 34.1 Å². The van der Waals surface area contributed by atoms with Crippen LogP contribution in [0.3, 0.4) is 0 Å². The van der Waals surface area contributed by atoms with E-state index in [1.54, 1.807) is 13.8 Å². The Balaban J connectivity index is 2.22. The second kappa shape index (κ2) is 4.77. The second-order valence-corrected chi connectivity index (χ2v) is 6.69. The van der Waals surface area contributed by atoms with Gasteiger partial charge in [-0.05, 0) is 97.5 Å². The average molecular weight is 292 g/mol. The van der Waals surface area contributed by atoms with Crippen LogP contribution < -0.4 is 0 Å². The number of ketones is 2. The highest BCUT2D eigenvalue weighted by molar-refractivity contribution is 6.09. The van der Waals surface area contributed by atoms with Crippen LogP contribution in [0.2, 0.25) is 0 Å². The van der Waals surface area contributed by atoms with Crippen molar-refractivity contribution in [1.82, 2.24) is 0 Å². The molecule has 0 amide bonds. The van der Waals surface area contributed by atoms with E-state index in [4.69, 9.17) is 0 Å². The van der Waals surface area contributed by atoms with Crippen molar-refractivity contribution in [1.29, 1.82) is 0 Å². The van der Waals surface area contributed by atoms with Crippen molar-refractivity contribution in [2.45, 2.75) is 52.4 Å². The van der Waals surface area contributed by atoms with Gasteiger partial charge in [-0.3, -0.25) is 9.59 Å². The number of hydrogen-bond acceptors (Lipinski definition) is 2. The van der Waals surface area contributed by atoms with E-state index in [9.17, 15) is 9.59 Å². The molecule has 22 heavy (non-hydrogen) atoms. The third-order valence-corrected chi connectivity index (χ3v) is 5.29. The third kappa shape index (κ3) is 1.79. The van der Waals surface area contributed by atoms with Crippen LogP contribution in [0, 0.1) is 0 Å². The van der Waals surface area contributed by atoms with Gasteiger partial charge in [-0.2, -0.15) is 0 Å². The first-order valence-corrected chi connectivity index (χ1v) is 8.23. The molecular formula is C20H20O2. The van der Waals surface area contributed by atoms with E-state index in [1.807, 2.05) is 0 Å². The lowest BCUT2D eigenvalue weighted by atomic mass is 9.76. The molecule has 0 unspecified atom stereocenters. The second-order valence-electron chi connectivity index (χ2n) is 6.69. The van der Waals surface area contributed by atoms with Crippen molar-refractivity contribution in [2.75, 3.05) is 0 Å². The maximum absolute atomic E-state index is 12.1. The fourth-order valence-electron chi connectivity index (χ4n) is 4.40. The smallest absolute Gasteiger partial charge is 0.160 e. The van der Waals surface area contributed by atoms with E-state index in [-0.39, 0.29) is 11.6 Å². The van der Waals surface area contributed by atoms with Crippen molar-refractivity contribution in [3.05, 3.63) is 45.5 Å². The first kappa shape index (κ1) is 13.7. The van der Waals surface area contributed by atoms with Gasteiger partial charge < -0.3 is 0 Å². The lowest BCUT2D eigenvalue weighted by molar-refractivity contribution is 0.100. The molecule has 2 heteroatoms. The molecule has 2 aliphatic carbocycles. The number of benzene rings is 2. The molecule has 2 aromatic rings. The summed E-state index contributed by atoms with van der Waals surface area (Å²) in [5.41, 5.74) is 6.78. The minimum atomic E-state index is 0.154. The Labute approximate surface area is 130 Å². The van der Waals surface area contributed by atoms with Crippen LogP contribution in [-0.2, 0) is 25.7 Å². The lowest BCUT2D eigenvalue weighted by Crippen LogP contribution is -2.16. The summed E-state index contributed by atoms with van der Waals surface area (Å²) >= 11 is 0. The van der Waals surface area contributed by atoms with Gasteiger partial charge in [0, 0.05) is 11.1 Å². The summed E-state index contributed by atoms with van der Waals surface area (Å²) < 4.78 is 0. The zero-order valence-electron chi connectivity index (χ0n) is 13.2. The summed E-state index contributed by atoms with van der Waals surface area (Å²) in [6.45, 7) is 3.33. The Kier molecular flexibility index (Phi) is 2.97. The van der Waals surface area contributed by atoms with Gasteiger partial charge in [0.25, 0.3) is 0 Å². The van der Waals surface area contributed by atoms with E-state index in [0.29, 0.717) is 0 Å². The Morgan fingerprint density at radius 2 is 1.18 bits per heavy atom. The van der Waals surface area contributed by atoms with Crippen LogP contribution in [0.4, 0.5) is 0 Å². The Bertz CT molecular complexity index is 778. The van der Waals surface area contributed by atoms with Crippen LogP contribution in [0.15, 0.2) is 12.1 Å². The van der Waals surface area contributed by atoms with Gasteiger partial charge in [0.15, 0.2) is 11.6 Å². The number of carbonyl (C=O) groups excluding carboxylic acids is 2. The van der Waals surface area contributed by atoms with Gasteiger partial charge in [0.2, 0.25) is 0 Å². The van der Waals surface area contributed by atoms with Crippen LogP contribution in [0.25, 0.3) is 10.8 Å². The molecule has 2 aromatic carbocycles. The summed E-state index contributed by atoms with van der Waals surface area (Å²) in [7, 11) is 0. The summed E-state index contributed by atoms with van der Waals surface area (Å²) in [5, 5.41) is 2.60. The molecule has 0 spiro atoms. The summed E-state index contributed by atoms with van der Waals surface area (Å²) in [4.78, 5) is 24.3. The molecule has 0 radical (unpaired) electrons. The highest BCUT2D eigenvalue weighted by atomic mass is 16.1. The van der Waals surface area contributed by atoms with Gasteiger partial charge in [0.05, 0.1) is 0 Å². The molecule has 4 rings (SSSR count). The van der Waals surface area contributed by atoms with Crippen molar-refractivity contribution in [2.24, 2.45) is 0 Å². The van der Waals surface area contributed by atoms with Gasteiger partial charge in [-0.1, -0.05) is 0 Å². The largest absolute Gasteiger partial charge is 0.295 e. The monoisotopic (exact) mass is 292 g/mol. The predicted octanol–water partition coefficient (Wildman–Crippen LogP) is 4.22. The normalized spacial score (nSPS) is 15.9. The molecule has 0 fully saturated rings. The van der Waals surface area contributed by atoms with Crippen LogP contribution >= 0.6 is 0 Å². The molecule has 2 aliphatic rings. The zero-order valence-corrected chi connectivity index (χ0v) is 13.2. The highest BCUT2D eigenvalue weighted by Crippen LogP contribution is 2.41. The number of hydrogen-bond donors (Lipinski definition) is 0. The zero-order chi connectivity index (χ0) is 15.4. The molecular weight excluding hydrogens is 272 g/mol. The molecule has 0 atom stereocenters. The van der Waals surface area contributed by atoms with Gasteiger partial charge in [-0.25, -0.2) is 0 Å². The average Bonchev–Trinajstić information content (AvgIpc) is 2.51. The molecule has 0 aromatic heterocycles. The number of Topliss-reactive ketones (excluding diaryl/α,β-unsaturated/α-hetero) is 2. The Morgan fingerprint density at radius 3 is 1.64 bits per heavy atom. The number of aryl methyl sites for hydroxylation is 4. The lowest BCUT2D eigenvalue weighted by Gasteiger charge is -2.28. The first-order chi connectivity index (χ1) is 10.6. The maximum Gasteiger partial charge on any atom is 0.160 e. The Hall–Kier alpha value is -1.96. The van der Waals surface area contributed by atoms with E-state index in [0.717, 1.165) is 49.7 Å². The van der Waals surface area contributed by atoms with Crippen LogP contribution in [-0.4, -0.2) is 11.6 Å². The van der Waals surface area contributed by atoms with Crippen LogP contribution in [0.1, 0.15) is 69.7 Å². The minimum absolute atomic E-state index is 0.154. The van der Waals surface area contributed by atoms with E-state index >= 15 is 0 Å². The molecule has 112 valence electrons. The van der Waals surface area contributed by atoms with Gasteiger partial charge in [0.1, 0.15) is 0 Å². The number of rotatable bonds is 2. The van der Waals surface area contributed by atoms with E-state index in [1.165, 1.54) is 33.0 Å². The van der Waals surface area contributed by atoms with Crippen LogP contribution in [0.5, 0.6) is 0 Å². The minimum Gasteiger partial charge on any atom is -0.295 e. The third-order valence-electron chi connectivity index (χ3n) is 5.29. The molecule has 0 heterocycles. The van der Waals surface area contributed by atoms with Crippen molar-refractivity contribution in [3.8, 4) is 0 Å². The molecule has 0 aliphatic heterocycles. The summed E-state index contributed by atoms with van der Waals surface area (Å²) in [6.07, 6.45) is 6.14. The molecule has 0 saturated heterocycles. The highest BCUT2D eigenvalue weighted by Gasteiger charge is 2.26. The standard InChI is InChI=1S/C20H20O2/c1-11(21)17-9-13-5-3-6-14-10-18(12(2)22)16-8-4-7-15(17)20(16)19(13)14/h9-10H,3-8H2,1-2H3. The summed E-state index contributed by atoms with van der Waals surface area (Å²) in [5.74, 6) is 0.308. The molecule has 0 bridgehead atoms. The number of carbonyl (C=O) groups is 2. The van der Waals surface area contributed by atoms with Crippen molar-refractivity contribution >= 4 is 22.3 Å².